The van der Waals surface area contributed by atoms with Gasteiger partial charge in [-0.2, -0.15) is 13.2 Å². The molecule has 0 atom stereocenters. The Morgan fingerprint density at radius 1 is 0.935 bits per heavy atom. The van der Waals surface area contributed by atoms with Gasteiger partial charge >= 0.3 is 6.18 Å². The fraction of sp³-hybridized carbons (Fsp3) is 0.391. The number of piperazine rings is 1. The van der Waals surface area contributed by atoms with Crippen molar-refractivity contribution in [3.8, 4) is 0 Å². The van der Waals surface area contributed by atoms with Crippen molar-refractivity contribution in [2.24, 2.45) is 0 Å². The second-order valence-electron chi connectivity index (χ2n) is 7.48. The maximum atomic E-state index is 13.0. The number of halogens is 3. The number of benzene rings is 2. The molecule has 0 unspecified atom stereocenters. The van der Waals surface area contributed by atoms with Crippen LogP contribution in [-0.4, -0.2) is 60.9 Å². The van der Waals surface area contributed by atoms with Crippen molar-refractivity contribution in [2.45, 2.75) is 19.0 Å². The first-order valence-corrected chi connectivity index (χ1v) is 10.3. The molecular weight excluding hydrogens is 407 g/mol. The van der Waals surface area contributed by atoms with E-state index in [9.17, 15) is 22.8 Å². The highest BCUT2D eigenvalue weighted by atomic mass is 19.4. The van der Waals surface area contributed by atoms with E-state index in [1.165, 1.54) is 12.1 Å². The molecule has 2 aromatic carbocycles. The van der Waals surface area contributed by atoms with E-state index in [0.717, 1.165) is 30.8 Å². The number of nitrogens with one attached hydrogen (secondary N) is 1. The number of rotatable bonds is 7. The zero-order chi connectivity index (χ0) is 22.3. The highest BCUT2D eigenvalue weighted by Gasteiger charge is 2.30. The van der Waals surface area contributed by atoms with E-state index < -0.39 is 11.7 Å². The van der Waals surface area contributed by atoms with Crippen LogP contribution in [-0.2, 0) is 17.4 Å². The summed E-state index contributed by atoms with van der Waals surface area (Å²) in [6.07, 6.45) is -3.68. The van der Waals surface area contributed by atoms with E-state index in [4.69, 9.17) is 0 Å². The molecule has 2 amide bonds. The molecule has 1 aliphatic rings. The van der Waals surface area contributed by atoms with Crippen molar-refractivity contribution in [3.63, 3.8) is 0 Å². The lowest BCUT2D eigenvalue weighted by atomic mass is 10.1. The van der Waals surface area contributed by atoms with Crippen LogP contribution in [0.5, 0.6) is 0 Å². The molecule has 2 aromatic rings. The van der Waals surface area contributed by atoms with Gasteiger partial charge in [0.15, 0.2) is 0 Å². The Morgan fingerprint density at radius 3 is 2.19 bits per heavy atom. The summed E-state index contributed by atoms with van der Waals surface area (Å²) in [5, 5.41) is 3.19. The topological polar surface area (TPSA) is 52.7 Å². The normalized spacial score (nSPS) is 14.4. The fourth-order valence-electron chi connectivity index (χ4n) is 3.51. The van der Waals surface area contributed by atoms with E-state index in [-0.39, 0.29) is 30.3 Å². The number of nitrogens with zero attached hydrogens (tertiary/aromatic N) is 2. The van der Waals surface area contributed by atoms with Gasteiger partial charge in [-0.15, -0.1) is 0 Å². The standard InChI is InChI=1S/C23H26F3N3O2/c24-23(25,26)20-8-6-19(7-9-20)22(31)29(14-10-18-4-2-1-3-5-18)15-11-21(30)28-16-12-27-13-17-28/h1-9,27H,10-17H2. The molecule has 5 nitrogen and oxygen atoms in total. The molecule has 0 radical (unpaired) electrons. The molecule has 1 heterocycles. The van der Waals surface area contributed by atoms with Crippen molar-refractivity contribution < 1.29 is 22.8 Å². The third-order valence-electron chi connectivity index (χ3n) is 5.32. The lowest BCUT2D eigenvalue weighted by Gasteiger charge is -2.29. The predicted octanol–water partition coefficient (Wildman–Crippen LogP) is 3.21. The lowest BCUT2D eigenvalue weighted by Crippen LogP contribution is -2.47. The van der Waals surface area contributed by atoms with Crippen LogP contribution in [0.3, 0.4) is 0 Å². The monoisotopic (exact) mass is 433 g/mol. The molecule has 8 heteroatoms. The van der Waals surface area contributed by atoms with Crippen molar-refractivity contribution in [3.05, 3.63) is 71.3 Å². The van der Waals surface area contributed by atoms with E-state index in [2.05, 4.69) is 5.32 Å². The summed E-state index contributed by atoms with van der Waals surface area (Å²) in [4.78, 5) is 28.9. The van der Waals surface area contributed by atoms with Crippen LogP contribution in [0.1, 0.15) is 27.9 Å². The molecule has 1 saturated heterocycles. The molecule has 1 N–H and O–H groups in total. The van der Waals surface area contributed by atoms with Gasteiger partial charge in [-0.3, -0.25) is 9.59 Å². The van der Waals surface area contributed by atoms with E-state index in [1.54, 1.807) is 9.80 Å². The Labute approximate surface area is 179 Å². The van der Waals surface area contributed by atoms with Crippen LogP contribution >= 0.6 is 0 Å². The largest absolute Gasteiger partial charge is 0.416 e. The maximum absolute atomic E-state index is 13.0. The summed E-state index contributed by atoms with van der Waals surface area (Å²) >= 11 is 0. The summed E-state index contributed by atoms with van der Waals surface area (Å²) in [7, 11) is 0. The van der Waals surface area contributed by atoms with Gasteiger partial charge in [0.1, 0.15) is 0 Å². The van der Waals surface area contributed by atoms with Crippen molar-refractivity contribution >= 4 is 11.8 Å². The number of carbonyl (C=O) groups is 2. The number of alkyl halides is 3. The lowest BCUT2D eigenvalue weighted by molar-refractivity contribution is -0.137. The SMILES string of the molecule is O=C(CCN(CCc1ccccc1)C(=O)c1ccc(C(F)(F)F)cc1)N1CCNCC1. The zero-order valence-corrected chi connectivity index (χ0v) is 17.2. The Kier molecular flexibility index (Phi) is 7.68. The summed E-state index contributed by atoms with van der Waals surface area (Å²) in [5.41, 5.74) is 0.422. The van der Waals surface area contributed by atoms with Crippen molar-refractivity contribution in [1.29, 1.82) is 0 Å². The van der Waals surface area contributed by atoms with Gasteiger partial charge in [-0.25, -0.2) is 0 Å². The van der Waals surface area contributed by atoms with Gasteiger partial charge in [0.25, 0.3) is 5.91 Å². The molecule has 0 aliphatic carbocycles. The average Bonchev–Trinajstić information content (AvgIpc) is 2.79. The summed E-state index contributed by atoms with van der Waals surface area (Å²) < 4.78 is 38.5. The second-order valence-corrected chi connectivity index (χ2v) is 7.48. The smallest absolute Gasteiger partial charge is 0.340 e. The van der Waals surface area contributed by atoms with Gasteiger partial charge in [0, 0.05) is 51.3 Å². The van der Waals surface area contributed by atoms with Gasteiger partial charge in [0.05, 0.1) is 5.56 Å². The highest BCUT2D eigenvalue weighted by Crippen LogP contribution is 2.29. The van der Waals surface area contributed by atoms with Crippen molar-refractivity contribution in [2.75, 3.05) is 39.3 Å². The molecule has 1 fully saturated rings. The highest BCUT2D eigenvalue weighted by molar-refractivity contribution is 5.94. The molecule has 1 aliphatic heterocycles. The Morgan fingerprint density at radius 2 is 1.58 bits per heavy atom. The molecule has 31 heavy (non-hydrogen) atoms. The van der Waals surface area contributed by atoms with Gasteiger partial charge in [-0.05, 0) is 36.2 Å². The van der Waals surface area contributed by atoms with E-state index in [1.807, 2.05) is 30.3 Å². The Bertz CT molecular complexity index is 864. The first-order chi connectivity index (χ1) is 14.8. The number of carbonyl (C=O) groups excluding carboxylic acids is 2. The average molecular weight is 433 g/mol. The predicted molar refractivity (Wildman–Crippen MR) is 112 cm³/mol. The third-order valence-corrected chi connectivity index (χ3v) is 5.32. The summed E-state index contributed by atoms with van der Waals surface area (Å²) in [6.45, 7) is 3.35. The number of hydrogen-bond donors (Lipinski definition) is 1. The minimum absolute atomic E-state index is 0.0218. The minimum Gasteiger partial charge on any atom is -0.340 e. The third kappa shape index (κ3) is 6.55. The zero-order valence-electron chi connectivity index (χ0n) is 17.2. The first kappa shape index (κ1) is 22.8. The van der Waals surface area contributed by atoms with E-state index >= 15 is 0 Å². The molecular formula is C23H26F3N3O2. The number of hydrogen-bond acceptors (Lipinski definition) is 3. The van der Waals surface area contributed by atoms with Crippen LogP contribution in [0.4, 0.5) is 13.2 Å². The molecule has 3 rings (SSSR count). The van der Waals surface area contributed by atoms with E-state index in [0.29, 0.717) is 26.1 Å². The quantitative estimate of drug-likeness (QED) is 0.730. The molecule has 166 valence electrons. The van der Waals surface area contributed by atoms with Crippen molar-refractivity contribution in [1.82, 2.24) is 15.1 Å². The van der Waals surface area contributed by atoms with Gasteiger partial charge in [-0.1, -0.05) is 30.3 Å². The van der Waals surface area contributed by atoms with Crippen LogP contribution in [0.2, 0.25) is 0 Å². The molecule has 0 bridgehead atoms. The second kappa shape index (κ2) is 10.4. The summed E-state index contributed by atoms with van der Waals surface area (Å²) in [5.74, 6) is -0.399. The maximum Gasteiger partial charge on any atom is 0.416 e. The minimum atomic E-state index is -4.45. The Balaban J connectivity index is 1.69. The van der Waals surface area contributed by atoms with Crippen LogP contribution in [0.25, 0.3) is 0 Å². The molecule has 0 aromatic heterocycles. The van der Waals surface area contributed by atoms with Crippen LogP contribution < -0.4 is 5.32 Å². The summed E-state index contributed by atoms with van der Waals surface area (Å²) in [6, 6.07) is 13.8. The number of amides is 2. The van der Waals surface area contributed by atoms with Crippen LogP contribution in [0.15, 0.2) is 54.6 Å². The van der Waals surface area contributed by atoms with Gasteiger partial charge in [0.2, 0.25) is 5.91 Å². The van der Waals surface area contributed by atoms with Crippen LogP contribution in [0, 0.1) is 0 Å². The van der Waals surface area contributed by atoms with Gasteiger partial charge < -0.3 is 15.1 Å². The molecule has 0 spiro atoms. The fourth-order valence-corrected chi connectivity index (χ4v) is 3.51. The first-order valence-electron chi connectivity index (χ1n) is 10.3. The molecule has 0 saturated carbocycles. The Hall–Kier alpha value is -2.87.